The molecule has 1 fully saturated rings. The van der Waals surface area contributed by atoms with E-state index in [0.29, 0.717) is 5.75 Å². The third-order valence-corrected chi connectivity index (χ3v) is 4.52. The summed E-state index contributed by atoms with van der Waals surface area (Å²) >= 11 is 1.40. The maximum atomic E-state index is 11.5. The van der Waals surface area contributed by atoms with E-state index in [1.54, 1.807) is 12.1 Å². The lowest BCUT2D eigenvalue weighted by Crippen LogP contribution is -2.56. The second-order valence-corrected chi connectivity index (χ2v) is 5.77. The van der Waals surface area contributed by atoms with E-state index < -0.39 is 16.4 Å². The van der Waals surface area contributed by atoms with Crippen LogP contribution >= 0.6 is 11.8 Å². The smallest absolute Gasteiger partial charge is 0.269 e. The average Bonchev–Trinajstić information content (AvgIpc) is 3.20. The van der Waals surface area contributed by atoms with Crippen LogP contribution in [0.1, 0.15) is 12.8 Å². The summed E-state index contributed by atoms with van der Waals surface area (Å²) < 4.78 is 0. The first-order valence-corrected chi connectivity index (χ1v) is 6.88. The van der Waals surface area contributed by atoms with Gasteiger partial charge in [0.15, 0.2) is 0 Å². The molecule has 1 aromatic carbocycles. The first-order chi connectivity index (χ1) is 8.93. The van der Waals surface area contributed by atoms with Crippen LogP contribution in [0.5, 0.6) is 0 Å². The van der Waals surface area contributed by atoms with Crippen molar-refractivity contribution in [2.24, 2.45) is 17.4 Å². The van der Waals surface area contributed by atoms with Crippen LogP contribution in [0, 0.1) is 16.0 Å². The molecule has 102 valence electrons. The summed E-state index contributed by atoms with van der Waals surface area (Å²) in [5.74, 6) is 0.0742. The van der Waals surface area contributed by atoms with Gasteiger partial charge >= 0.3 is 0 Å². The van der Waals surface area contributed by atoms with Crippen molar-refractivity contribution >= 4 is 23.4 Å². The number of nitro benzene ring substituents is 1. The number of nitrogens with two attached hydrogens (primary N) is 2. The zero-order valence-corrected chi connectivity index (χ0v) is 11.1. The summed E-state index contributed by atoms with van der Waals surface area (Å²) in [6.07, 6.45) is 1.86. The number of rotatable bonds is 6. The predicted molar refractivity (Wildman–Crippen MR) is 72.7 cm³/mol. The first kappa shape index (κ1) is 13.8. The molecule has 0 bridgehead atoms. The third kappa shape index (κ3) is 3.05. The largest absolute Gasteiger partial charge is 0.368 e. The Labute approximate surface area is 114 Å². The number of amides is 1. The molecule has 0 aliphatic heterocycles. The van der Waals surface area contributed by atoms with Crippen molar-refractivity contribution in [2.75, 3.05) is 5.75 Å². The number of hydrogen-bond acceptors (Lipinski definition) is 5. The average molecular weight is 281 g/mol. The highest BCUT2D eigenvalue weighted by Crippen LogP contribution is 2.40. The van der Waals surface area contributed by atoms with Crippen molar-refractivity contribution in [3.05, 3.63) is 34.4 Å². The summed E-state index contributed by atoms with van der Waals surface area (Å²) in [6, 6.07) is 6.16. The van der Waals surface area contributed by atoms with Crippen LogP contribution in [0.25, 0.3) is 0 Å². The van der Waals surface area contributed by atoms with Gasteiger partial charge < -0.3 is 11.5 Å². The number of hydrogen-bond donors (Lipinski definition) is 2. The Kier molecular flexibility index (Phi) is 3.77. The topological polar surface area (TPSA) is 112 Å². The molecule has 0 saturated heterocycles. The van der Waals surface area contributed by atoms with Gasteiger partial charge in [-0.05, 0) is 30.9 Å². The Bertz CT molecular complexity index is 501. The molecule has 7 heteroatoms. The van der Waals surface area contributed by atoms with Gasteiger partial charge in [0.1, 0.15) is 5.54 Å². The quantitative estimate of drug-likeness (QED) is 0.463. The molecule has 1 saturated carbocycles. The summed E-state index contributed by atoms with van der Waals surface area (Å²) in [5, 5.41) is 10.5. The van der Waals surface area contributed by atoms with Crippen molar-refractivity contribution in [2.45, 2.75) is 23.3 Å². The predicted octanol–water partition coefficient (Wildman–Crippen LogP) is 1.28. The first-order valence-electron chi connectivity index (χ1n) is 5.89. The van der Waals surface area contributed by atoms with Crippen LogP contribution < -0.4 is 11.5 Å². The van der Waals surface area contributed by atoms with E-state index >= 15 is 0 Å². The van der Waals surface area contributed by atoms with Crippen molar-refractivity contribution in [1.82, 2.24) is 0 Å². The molecule has 2 rings (SSSR count). The molecular weight excluding hydrogens is 266 g/mol. The minimum Gasteiger partial charge on any atom is -0.368 e. The van der Waals surface area contributed by atoms with E-state index in [-0.39, 0.29) is 11.6 Å². The molecular formula is C12H15N3O3S. The van der Waals surface area contributed by atoms with Gasteiger partial charge in [0, 0.05) is 22.8 Å². The number of carbonyl (C=O) groups is 1. The molecule has 1 aliphatic rings. The van der Waals surface area contributed by atoms with E-state index in [4.69, 9.17) is 11.5 Å². The lowest BCUT2D eigenvalue weighted by molar-refractivity contribution is -0.384. The molecule has 0 spiro atoms. The Hall–Kier alpha value is -1.60. The van der Waals surface area contributed by atoms with E-state index in [2.05, 4.69) is 0 Å². The molecule has 1 amide bonds. The fraction of sp³-hybridized carbons (Fsp3) is 0.417. The summed E-state index contributed by atoms with van der Waals surface area (Å²) in [7, 11) is 0. The molecule has 0 radical (unpaired) electrons. The van der Waals surface area contributed by atoms with Crippen LogP contribution in [0.15, 0.2) is 29.2 Å². The highest BCUT2D eigenvalue weighted by atomic mass is 32.2. The number of thioether (sulfide) groups is 1. The molecule has 1 aliphatic carbocycles. The van der Waals surface area contributed by atoms with Gasteiger partial charge in [-0.3, -0.25) is 14.9 Å². The monoisotopic (exact) mass is 281 g/mol. The SMILES string of the molecule is NC(=O)C(N)(CSc1ccc([N+](=O)[O-])cc1)C1CC1. The van der Waals surface area contributed by atoms with E-state index in [1.165, 1.54) is 23.9 Å². The summed E-state index contributed by atoms with van der Waals surface area (Å²) in [5.41, 5.74) is 10.5. The lowest BCUT2D eigenvalue weighted by Gasteiger charge is -2.25. The zero-order valence-electron chi connectivity index (χ0n) is 10.2. The van der Waals surface area contributed by atoms with Gasteiger partial charge in [-0.15, -0.1) is 11.8 Å². The van der Waals surface area contributed by atoms with Crippen LogP contribution in [0.4, 0.5) is 5.69 Å². The standard InChI is InChI=1S/C12H15N3O3S/c13-11(16)12(14,8-1-2-8)7-19-10-5-3-9(4-6-10)15(17)18/h3-6,8H,1-2,7,14H2,(H2,13,16). The number of benzene rings is 1. The Morgan fingerprint density at radius 2 is 2.00 bits per heavy atom. The maximum Gasteiger partial charge on any atom is 0.269 e. The molecule has 0 aromatic heterocycles. The van der Waals surface area contributed by atoms with Gasteiger partial charge in [-0.25, -0.2) is 0 Å². The second-order valence-electron chi connectivity index (χ2n) is 4.72. The van der Waals surface area contributed by atoms with Crippen molar-refractivity contribution in [1.29, 1.82) is 0 Å². The van der Waals surface area contributed by atoms with Crippen LogP contribution in [-0.4, -0.2) is 22.1 Å². The lowest BCUT2D eigenvalue weighted by atomic mass is 9.96. The van der Waals surface area contributed by atoms with Gasteiger partial charge in [-0.2, -0.15) is 0 Å². The summed E-state index contributed by atoms with van der Waals surface area (Å²) in [6.45, 7) is 0. The van der Waals surface area contributed by atoms with Gasteiger partial charge in [0.25, 0.3) is 5.69 Å². The maximum absolute atomic E-state index is 11.5. The molecule has 1 aromatic rings. The van der Waals surface area contributed by atoms with Crippen molar-refractivity contribution in [3.63, 3.8) is 0 Å². The molecule has 6 nitrogen and oxygen atoms in total. The third-order valence-electron chi connectivity index (χ3n) is 3.29. The zero-order chi connectivity index (χ0) is 14.0. The van der Waals surface area contributed by atoms with Crippen LogP contribution in [-0.2, 0) is 4.79 Å². The molecule has 0 heterocycles. The number of carbonyl (C=O) groups excluding carboxylic acids is 1. The van der Waals surface area contributed by atoms with Gasteiger partial charge in [0.2, 0.25) is 5.91 Å². The second kappa shape index (κ2) is 5.18. The molecule has 1 atom stereocenters. The normalized spacial score (nSPS) is 17.7. The van der Waals surface area contributed by atoms with Gasteiger partial charge in [-0.1, -0.05) is 0 Å². The number of nitrogens with zero attached hydrogens (tertiary/aromatic N) is 1. The number of primary amides is 1. The number of nitro groups is 1. The van der Waals surface area contributed by atoms with Crippen LogP contribution in [0.2, 0.25) is 0 Å². The van der Waals surface area contributed by atoms with E-state index in [1.807, 2.05) is 0 Å². The van der Waals surface area contributed by atoms with E-state index in [9.17, 15) is 14.9 Å². The Morgan fingerprint density at radius 3 is 2.42 bits per heavy atom. The fourth-order valence-corrected chi connectivity index (χ4v) is 2.97. The van der Waals surface area contributed by atoms with Crippen LogP contribution in [0.3, 0.4) is 0 Å². The molecule has 1 unspecified atom stereocenters. The fourth-order valence-electron chi connectivity index (χ4n) is 1.86. The molecule has 4 N–H and O–H groups in total. The Morgan fingerprint density at radius 1 is 1.42 bits per heavy atom. The van der Waals surface area contributed by atoms with Crippen molar-refractivity contribution < 1.29 is 9.72 Å². The van der Waals surface area contributed by atoms with E-state index in [0.717, 1.165) is 17.7 Å². The van der Waals surface area contributed by atoms with Gasteiger partial charge in [0.05, 0.1) is 4.92 Å². The highest BCUT2D eigenvalue weighted by molar-refractivity contribution is 7.99. The Balaban J connectivity index is 2.01. The minimum absolute atomic E-state index is 0.0421. The van der Waals surface area contributed by atoms with Crippen molar-refractivity contribution in [3.8, 4) is 0 Å². The minimum atomic E-state index is -0.980. The molecule has 19 heavy (non-hydrogen) atoms. The summed E-state index contributed by atoms with van der Waals surface area (Å²) in [4.78, 5) is 22.4. The highest BCUT2D eigenvalue weighted by Gasteiger charge is 2.46. The number of non-ortho nitro benzene ring substituents is 1.